The lowest BCUT2D eigenvalue weighted by Gasteiger charge is -2.24. The normalized spacial score (nSPS) is 19.5. The first-order valence-corrected chi connectivity index (χ1v) is 11.7. The summed E-state index contributed by atoms with van der Waals surface area (Å²) in [5, 5.41) is 9.69. The number of hydrogen-bond acceptors (Lipinski definition) is 4. The molecule has 4 rings (SSSR count). The van der Waals surface area contributed by atoms with E-state index >= 15 is 0 Å². The lowest BCUT2D eigenvalue weighted by atomic mass is 10.2. The number of halogens is 1. The van der Waals surface area contributed by atoms with Gasteiger partial charge in [-0.2, -0.15) is 0 Å². The van der Waals surface area contributed by atoms with Crippen LogP contribution in [0, 0.1) is 0 Å². The fraction of sp³-hybridized carbons (Fsp3) is 0.571. The van der Waals surface area contributed by atoms with Crippen molar-refractivity contribution in [2.24, 2.45) is 0 Å². The smallest absolute Gasteiger partial charge is 0.223 e. The average molecular weight is 419 g/mol. The molecule has 2 aromatic rings. The summed E-state index contributed by atoms with van der Waals surface area (Å²) in [7, 11) is 0. The summed E-state index contributed by atoms with van der Waals surface area (Å²) in [6.45, 7) is 1.84. The Bertz CT molecular complexity index is 807. The highest BCUT2D eigenvalue weighted by atomic mass is 35.5. The Morgan fingerprint density at radius 2 is 1.96 bits per heavy atom. The number of fused-ring (bicyclic) bond motifs is 1. The molecule has 150 valence electrons. The topological polar surface area (TPSA) is 51.0 Å². The molecule has 0 radical (unpaired) electrons. The molecule has 0 N–H and O–H groups in total. The van der Waals surface area contributed by atoms with E-state index in [1.54, 1.807) is 11.8 Å². The van der Waals surface area contributed by atoms with Crippen molar-refractivity contribution in [1.82, 2.24) is 19.7 Å². The average Bonchev–Trinajstić information content (AvgIpc) is 3.27. The van der Waals surface area contributed by atoms with Gasteiger partial charge < -0.3 is 9.47 Å². The van der Waals surface area contributed by atoms with E-state index < -0.39 is 0 Å². The number of rotatable bonds is 6. The van der Waals surface area contributed by atoms with Gasteiger partial charge in [-0.15, -0.1) is 22.0 Å². The number of carbonyl (C=O) groups excluding carboxylic acids is 1. The molecule has 0 spiro atoms. The summed E-state index contributed by atoms with van der Waals surface area (Å²) in [6, 6.07) is 7.98. The first-order chi connectivity index (χ1) is 13.7. The molecule has 1 atom stereocenters. The van der Waals surface area contributed by atoms with Crippen LogP contribution in [0.25, 0.3) is 0 Å². The fourth-order valence-electron chi connectivity index (χ4n) is 4.18. The standard InChI is InChI=1S/C21H27ClN4OS/c22-16-9-11-17(12-10-16)28-15-5-8-20(27)25-14-4-6-18(25)21-24-23-19-7-2-1-3-13-26(19)21/h9-12,18H,1-8,13-15H2. The van der Waals surface area contributed by atoms with Gasteiger partial charge in [-0.05, 0) is 62.1 Å². The highest BCUT2D eigenvalue weighted by Gasteiger charge is 2.34. The van der Waals surface area contributed by atoms with Crippen LogP contribution in [0.3, 0.4) is 0 Å². The Morgan fingerprint density at radius 3 is 2.82 bits per heavy atom. The number of nitrogens with zero attached hydrogens (tertiary/aromatic N) is 4. The number of thioether (sulfide) groups is 1. The first-order valence-electron chi connectivity index (χ1n) is 10.3. The van der Waals surface area contributed by atoms with Gasteiger partial charge in [0, 0.05) is 35.8 Å². The minimum Gasteiger partial charge on any atom is -0.332 e. The van der Waals surface area contributed by atoms with Crippen molar-refractivity contribution in [3.8, 4) is 0 Å². The van der Waals surface area contributed by atoms with Crippen molar-refractivity contribution in [2.75, 3.05) is 12.3 Å². The van der Waals surface area contributed by atoms with E-state index in [9.17, 15) is 4.79 Å². The summed E-state index contributed by atoms with van der Waals surface area (Å²) in [4.78, 5) is 16.1. The lowest BCUT2D eigenvalue weighted by molar-refractivity contribution is -0.132. The van der Waals surface area contributed by atoms with Gasteiger partial charge >= 0.3 is 0 Å². The maximum absolute atomic E-state index is 12.9. The molecule has 1 aromatic carbocycles. The molecule has 1 saturated heterocycles. The van der Waals surface area contributed by atoms with E-state index in [1.165, 1.54) is 24.2 Å². The third kappa shape index (κ3) is 4.54. The molecule has 0 bridgehead atoms. The minimum absolute atomic E-state index is 0.107. The number of aromatic nitrogens is 3. The first kappa shape index (κ1) is 19.8. The second-order valence-corrected chi connectivity index (χ2v) is 9.19. The zero-order valence-corrected chi connectivity index (χ0v) is 17.7. The molecular formula is C21H27ClN4OS. The number of amides is 1. The van der Waals surface area contributed by atoms with Crippen LogP contribution in [0.2, 0.25) is 5.02 Å². The summed E-state index contributed by atoms with van der Waals surface area (Å²) in [6.07, 6.45) is 8.17. The molecule has 1 amide bonds. The van der Waals surface area contributed by atoms with Crippen molar-refractivity contribution >= 4 is 29.3 Å². The molecule has 1 aromatic heterocycles. The van der Waals surface area contributed by atoms with Gasteiger partial charge in [0.05, 0.1) is 6.04 Å². The Kier molecular flexibility index (Phi) is 6.58. The largest absolute Gasteiger partial charge is 0.332 e. The molecule has 7 heteroatoms. The van der Waals surface area contributed by atoms with Crippen LogP contribution in [0.4, 0.5) is 0 Å². The van der Waals surface area contributed by atoms with Crippen molar-refractivity contribution < 1.29 is 4.79 Å². The molecule has 28 heavy (non-hydrogen) atoms. The minimum atomic E-state index is 0.107. The summed E-state index contributed by atoms with van der Waals surface area (Å²) < 4.78 is 2.29. The van der Waals surface area contributed by atoms with E-state index in [4.69, 9.17) is 11.6 Å². The quantitative estimate of drug-likeness (QED) is 0.494. The molecule has 5 nitrogen and oxygen atoms in total. The number of carbonyl (C=O) groups is 1. The highest BCUT2D eigenvalue weighted by Crippen LogP contribution is 2.33. The Morgan fingerprint density at radius 1 is 1.11 bits per heavy atom. The van der Waals surface area contributed by atoms with Crippen LogP contribution in [0.5, 0.6) is 0 Å². The Balaban J connectivity index is 1.32. The highest BCUT2D eigenvalue weighted by molar-refractivity contribution is 7.99. The molecule has 0 aliphatic carbocycles. The van der Waals surface area contributed by atoms with Crippen molar-refractivity contribution in [2.45, 2.75) is 68.8 Å². The van der Waals surface area contributed by atoms with E-state index in [-0.39, 0.29) is 11.9 Å². The van der Waals surface area contributed by atoms with E-state index in [2.05, 4.69) is 19.7 Å². The Labute approximate surface area is 175 Å². The van der Waals surface area contributed by atoms with Gasteiger partial charge in [-0.25, -0.2) is 0 Å². The zero-order valence-electron chi connectivity index (χ0n) is 16.1. The Hall–Kier alpha value is -1.53. The molecule has 2 aliphatic rings. The third-order valence-corrected chi connectivity index (χ3v) is 6.98. The van der Waals surface area contributed by atoms with Gasteiger partial charge in [0.25, 0.3) is 0 Å². The van der Waals surface area contributed by atoms with Gasteiger partial charge in [-0.1, -0.05) is 18.0 Å². The molecular weight excluding hydrogens is 392 g/mol. The van der Waals surface area contributed by atoms with Gasteiger partial charge in [0.2, 0.25) is 5.91 Å². The predicted molar refractivity (Wildman–Crippen MR) is 113 cm³/mol. The maximum Gasteiger partial charge on any atom is 0.223 e. The van der Waals surface area contributed by atoms with Crippen molar-refractivity contribution in [1.29, 1.82) is 0 Å². The van der Waals surface area contributed by atoms with Gasteiger partial charge in [0.15, 0.2) is 5.82 Å². The van der Waals surface area contributed by atoms with Crippen LogP contribution in [0.1, 0.15) is 62.6 Å². The van der Waals surface area contributed by atoms with E-state index in [0.29, 0.717) is 6.42 Å². The lowest BCUT2D eigenvalue weighted by Crippen LogP contribution is -2.32. The number of benzene rings is 1. The van der Waals surface area contributed by atoms with Crippen LogP contribution < -0.4 is 0 Å². The molecule has 2 aliphatic heterocycles. The van der Waals surface area contributed by atoms with Crippen LogP contribution >= 0.6 is 23.4 Å². The van der Waals surface area contributed by atoms with Crippen molar-refractivity contribution in [3.05, 3.63) is 40.9 Å². The van der Waals surface area contributed by atoms with Crippen LogP contribution in [0.15, 0.2) is 29.2 Å². The molecule has 1 unspecified atom stereocenters. The number of hydrogen-bond donors (Lipinski definition) is 0. The third-order valence-electron chi connectivity index (χ3n) is 5.63. The van der Waals surface area contributed by atoms with Crippen LogP contribution in [-0.2, 0) is 17.8 Å². The monoisotopic (exact) mass is 418 g/mol. The fourth-order valence-corrected chi connectivity index (χ4v) is 5.15. The predicted octanol–water partition coefficient (Wildman–Crippen LogP) is 4.89. The summed E-state index contributed by atoms with van der Waals surface area (Å²) in [5.74, 6) is 3.31. The molecule has 0 saturated carbocycles. The number of aryl methyl sites for hydroxylation is 1. The second-order valence-electron chi connectivity index (χ2n) is 7.59. The van der Waals surface area contributed by atoms with Crippen LogP contribution in [-0.4, -0.2) is 37.9 Å². The van der Waals surface area contributed by atoms with Gasteiger partial charge in [0.1, 0.15) is 5.82 Å². The van der Waals surface area contributed by atoms with E-state index in [0.717, 1.165) is 61.2 Å². The maximum atomic E-state index is 12.9. The summed E-state index contributed by atoms with van der Waals surface area (Å²) >= 11 is 7.70. The van der Waals surface area contributed by atoms with E-state index in [1.807, 2.05) is 24.3 Å². The van der Waals surface area contributed by atoms with Gasteiger partial charge in [-0.3, -0.25) is 4.79 Å². The SMILES string of the molecule is O=C(CCCSc1ccc(Cl)cc1)N1CCCC1c1nnc2n1CCCCC2. The van der Waals surface area contributed by atoms with Crippen molar-refractivity contribution in [3.63, 3.8) is 0 Å². The molecule has 3 heterocycles. The summed E-state index contributed by atoms with van der Waals surface area (Å²) in [5.41, 5.74) is 0. The second kappa shape index (κ2) is 9.31. The molecule has 1 fully saturated rings. The zero-order chi connectivity index (χ0) is 19.3. The number of likely N-dealkylation sites (tertiary alicyclic amines) is 1.